The lowest BCUT2D eigenvalue weighted by Gasteiger charge is -2.26. The van der Waals surface area contributed by atoms with Crippen molar-refractivity contribution < 1.29 is 37.3 Å². The maximum Gasteiger partial charge on any atom is 0.573 e. The van der Waals surface area contributed by atoms with Crippen LogP contribution in [0, 0.1) is 17.8 Å². The number of ether oxygens (including phenoxy) is 2. The van der Waals surface area contributed by atoms with E-state index in [1.54, 1.807) is 24.3 Å². The Morgan fingerprint density at radius 1 is 1.00 bits per heavy atom. The summed E-state index contributed by atoms with van der Waals surface area (Å²) in [6, 6.07) is 14.8. The van der Waals surface area contributed by atoms with Gasteiger partial charge in [-0.2, -0.15) is 0 Å². The van der Waals surface area contributed by atoms with Gasteiger partial charge < -0.3 is 19.9 Å². The molecule has 4 atom stereocenters. The van der Waals surface area contributed by atoms with Gasteiger partial charge >= 0.3 is 12.3 Å². The van der Waals surface area contributed by atoms with E-state index in [2.05, 4.69) is 16.1 Å². The molecule has 6 nitrogen and oxygen atoms in total. The second kappa shape index (κ2) is 9.80. The van der Waals surface area contributed by atoms with Crippen molar-refractivity contribution in [2.45, 2.75) is 31.9 Å². The molecule has 1 fully saturated rings. The molecule has 0 aliphatic heterocycles. The number of nitrogens with one attached hydrogen (secondary N) is 1. The number of carbonyl (C=O) groups excluding carboxylic acids is 1. The molecule has 3 aromatic rings. The van der Waals surface area contributed by atoms with Gasteiger partial charge in [-0.15, -0.1) is 13.2 Å². The van der Waals surface area contributed by atoms with Crippen LogP contribution in [0.3, 0.4) is 0 Å². The molecule has 3 aromatic carbocycles. The summed E-state index contributed by atoms with van der Waals surface area (Å²) in [5.41, 5.74) is 0.742. The zero-order valence-electron chi connectivity index (χ0n) is 19.6. The summed E-state index contributed by atoms with van der Waals surface area (Å²) >= 11 is 0. The number of benzene rings is 3. The lowest BCUT2D eigenvalue weighted by atomic mass is 9.86. The van der Waals surface area contributed by atoms with Gasteiger partial charge in [0, 0.05) is 5.39 Å². The SMILES string of the molecule is O=C(NC(C(=O)O)C1CC2C=CC1C2)c1ccc2ccccc2c1OCc1ccc(OC(F)(F)F)cc1. The van der Waals surface area contributed by atoms with Crippen LogP contribution >= 0.6 is 0 Å². The summed E-state index contributed by atoms with van der Waals surface area (Å²) in [5.74, 6) is -1.43. The fourth-order valence-corrected chi connectivity index (χ4v) is 5.30. The molecule has 37 heavy (non-hydrogen) atoms. The van der Waals surface area contributed by atoms with Gasteiger partial charge in [-0.05, 0) is 59.7 Å². The number of carboxylic acids is 1. The van der Waals surface area contributed by atoms with E-state index in [-0.39, 0.29) is 35.5 Å². The van der Waals surface area contributed by atoms with Crippen LogP contribution in [0.5, 0.6) is 11.5 Å². The molecular formula is C28H24F3NO5. The van der Waals surface area contributed by atoms with Crippen molar-refractivity contribution in [3.05, 3.63) is 83.9 Å². The van der Waals surface area contributed by atoms with Crippen molar-refractivity contribution in [3.63, 3.8) is 0 Å². The number of alkyl halides is 3. The first kappa shape index (κ1) is 24.7. The minimum atomic E-state index is -4.79. The first-order valence-electron chi connectivity index (χ1n) is 11.9. The van der Waals surface area contributed by atoms with Gasteiger partial charge in [-0.25, -0.2) is 4.79 Å². The van der Waals surface area contributed by atoms with E-state index in [4.69, 9.17) is 4.74 Å². The summed E-state index contributed by atoms with van der Waals surface area (Å²) in [6.45, 7) is -0.0277. The zero-order valence-corrected chi connectivity index (χ0v) is 19.6. The minimum Gasteiger partial charge on any atom is -0.487 e. The largest absolute Gasteiger partial charge is 0.573 e. The van der Waals surface area contributed by atoms with Crippen LogP contribution in [0.2, 0.25) is 0 Å². The van der Waals surface area contributed by atoms with Crippen LogP contribution < -0.4 is 14.8 Å². The third kappa shape index (κ3) is 5.40. The lowest BCUT2D eigenvalue weighted by molar-refractivity contribution is -0.274. The van der Waals surface area contributed by atoms with E-state index in [0.29, 0.717) is 23.3 Å². The smallest absolute Gasteiger partial charge is 0.487 e. The Morgan fingerprint density at radius 3 is 2.41 bits per heavy atom. The lowest BCUT2D eigenvalue weighted by Crippen LogP contribution is -2.47. The van der Waals surface area contributed by atoms with Gasteiger partial charge in [0.15, 0.2) is 0 Å². The second-order valence-corrected chi connectivity index (χ2v) is 9.38. The molecule has 2 aliphatic carbocycles. The molecule has 2 N–H and O–H groups in total. The summed E-state index contributed by atoms with van der Waals surface area (Å²) in [4.78, 5) is 25.5. The average molecular weight is 511 g/mol. The molecule has 5 rings (SSSR count). The molecule has 0 saturated heterocycles. The van der Waals surface area contributed by atoms with Crippen LogP contribution in [-0.2, 0) is 11.4 Å². The van der Waals surface area contributed by atoms with E-state index in [1.165, 1.54) is 24.3 Å². The van der Waals surface area contributed by atoms with Crippen LogP contribution in [0.25, 0.3) is 10.8 Å². The Labute approximate surface area is 210 Å². The molecule has 4 unspecified atom stereocenters. The van der Waals surface area contributed by atoms with Crippen molar-refractivity contribution in [2.24, 2.45) is 17.8 Å². The molecule has 1 amide bonds. The third-order valence-corrected chi connectivity index (χ3v) is 6.98. The molecule has 192 valence electrons. The molecular weight excluding hydrogens is 487 g/mol. The highest BCUT2D eigenvalue weighted by Crippen LogP contribution is 2.45. The summed E-state index contributed by atoms with van der Waals surface area (Å²) < 4.78 is 47.2. The monoisotopic (exact) mass is 511 g/mol. The Bertz CT molecular complexity index is 1350. The average Bonchev–Trinajstić information content (AvgIpc) is 3.49. The van der Waals surface area contributed by atoms with Crippen molar-refractivity contribution in [3.8, 4) is 11.5 Å². The van der Waals surface area contributed by atoms with Crippen molar-refractivity contribution >= 4 is 22.6 Å². The summed E-state index contributed by atoms with van der Waals surface area (Å²) in [5, 5.41) is 14.1. The quantitative estimate of drug-likeness (QED) is 0.379. The normalized spacial score (nSPS) is 21.1. The van der Waals surface area contributed by atoms with Crippen LogP contribution in [-0.4, -0.2) is 29.4 Å². The standard InChI is InChI=1S/C28H24F3NO5/c29-28(30,31)37-20-10-6-16(7-11-20)15-36-25-21-4-2-1-3-18(21)9-12-22(25)26(33)32-24(27(34)35)23-14-17-5-8-19(23)13-17/h1-12,17,19,23-24H,13-15H2,(H,32,33)(H,34,35). The van der Waals surface area contributed by atoms with Gasteiger partial charge in [0.1, 0.15) is 24.1 Å². The number of hydrogen-bond acceptors (Lipinski definition) is 4. The highest BCUT2D eigenvalue weighted by Gasteiger charge is 2.43. The van der Waals surface area contributed by atoms with E-state index < -0.39 is 24.3 Å². The van der Waals surface area contributed by atoms with E-state index >= 15 is 0 Å². The van der Waals surface area contributed by atoms with E-state index in [0.717, 1.165) is 11.8 Å². The number of rotatable bonds is 8. The predicted octanol–water partition coefficient (Wildman–Crippen LogP) is 5.71. The Hall–Kier alpha value is -4.01. The Morgan fingerprint density at radius 2 is 1.76 bits per heavy atom. The molecule has 0 radical (unpaired) electrons. The molecule has 0 spiro atoms. The molecule has 1 saturated carbocycles. The number of carboxylic acid groups (broad SMARTS) is 1. The van der Waals surface area contributed by atoms with Gasteiger partial charge in [0.25, 0.3) is 5.91 Å². The first-order chi connectivity index (χ1) is 17.7. The number of hydrogen-bond donors (Lipinski definition) is 2. The van der Waals surface area contributed by atoms with E-state index in [1.807, 2.05) is 18.2 Å². The Balaban J connectivity index is 1.38. The van der Waals surface area contributed by atoms with Crippen LogP contribution in [0.1, 0.15) is 28.8 Å². The third-order valence-electron chi connectivity index (χ3n) is 6.98. The van der Waals surface area contributed by atoms with Gasteiger partial charge in [-0.3, -0.25) is 4.79 Å². The topological polar surface area (TPSA) is 84.9 Å². The van der Waals surface area contributed by atoms with Crippen LogP contribution in [0.4, 0.5) is 13.2 Å². The van der Waals surface area contributed by atoms with Gasteiger partial charge in [0.2, 0.25) is 0 Å². The number of halogens is 3. The van der Waals surface area contributed by atoms with Gasteiger partial charge in [0.05, 0.1) is 5.56 Å². The zero-order chi connectivity index (χ0) is 26.2. The molecule has 9 heteroatoms. The van der Waals surface area contributed by atoms with Crippen molar-refractivity contribution in [2.75, 3.05) is 0 Å². The number of allylic oxidation sites excluding steroid dienone is 2. The van der Waals surface area contributed by atoms with Crippen molar-refractivity contribution in [1.82, 2.24) is 5.32 Å². The summed E-state index contributed by atoms with van der Waals surface area (Å²) in [6.07, 6.45) is 0.982. The Kier molecular flexibility index (Phi) is 6.54. The molecule has 0 aromatic heterocycles. The maximum atomic E-state index is 13.4. The predicted molar refractivity (Wildman–Crippen MR) is 129 cm³/mol. The highest BCUT2D eigenvalue weighted by molar-refractivity contribution is 6.04. The molecule has 2 aliphatic rings. The fourth-order valence-electron chi connectivity index (χ4n) is 5.30. The fraction of sp³-hybridized carbons (Fsp3) is 0.286. The number of fused-ring (bicyclic) bond motifs is 3. The number of aliphatic carboxylic acids is 1. The van der Waals surface area contributed by atoms with Gasteiger partial charge in [-0.1, -0.05) is 54.6 Å². The second-order valence-electron chi connectivity index (χ2n) is 9.38. The number of carbonyl (C=O) groups is 2. The summed E-state index contributed by atoms with van der Waals surface area (Å²) in [7, 11) is 0. The maximum absolute atomic E-state index is 13.4. The highest BCUT2D eigenvalue weighted by atomic mass is 19.4. The van der Waals surface area contributed by atoms with Crippen molar-refractivity contribution in [1.29, 1.82) is 0 Å². The number of amides is 1. The van der Waals surface area contributed by atoms with E-state index in [9.17, 15) is 27.9 Å². The molecule has 0 heterocycles. The minimum absolute atomic E-state index is 0.0277. The molecule has 2 bridgehead atoms. The first-order valence-corrected chi connectivity index (χ1v) is 11.9. The van der Waals surface area contributed by atoms with Crippen LogP contribution in [0.15, 0.2) is 72.8 Å².